The average Bonchev–Trinajstić information content (AvgIpc) is 2.96. The first-order valence-corrected chi connectivity index (χ1v) is 6.26. The second-order valence-electron chi connectivity index (χ2n) is 4.29. The second-order valence-corrected chi connectivity index (χ2v) is 4.29. The van der Waals surface area contributed by atoms with Crippen LogP contribution in [0.5, 0.6) is 0 Å². The van der Waals surface area contributed by atoms with Gasteiger partial charge in [-0.3, -0.25) is 20.3 Å². The molecule has 0 bridgehead atoms. The maximum absolute atomic E-state index is 12.0. The number of nitrogens with two attached hydrogens (primary N) is 1. The Morgan fingerprint density at radius 3 is 3.05 bits per heavy atom. The standard InChI is InChI=1S/C12H17N7O/c1-9-7-11(17-13)10(8-15-9)12(20)14-3-2-5-19-6-4-16-18-19/h4,6-8H,2-3,5,13H2,1H3,(H,14,20)(H,15,17). The van der Waals surface area contributed by atoms with Gasteiger partial charge in [-0.25, -0.2) is 0 Å². The smallest absolute Gasteiger partial charge is 0.255 e. The number of rotatable bonds is 6. The van der Waals surface area contributed by atoms with Crippen molar-refractivity contribution in [1.82, 2.24) is 25.3 Å². The fraction of sp³-hybridized carbons (Fsp3) is 0.333. The Balaban J connectivity index is 1.85. The number of nitrogen functional groups attached to an aromatic ring is 1. The number of carbonyl (C=O) groups excluding carboxylic acids is 1. The van der Waals surface area contributed by atoms with Crippen molar-refractivity contribution in [3.63, 3.8) is 0 Å². The first-order valence-electron chi connectivity index (χ1n) is 6.26. The zero-order chi connectivity index (χ0) is 14.4. The molecule has 0 unspecified atom stereocenters. The molecule has 0 radical (unpaired) electrons. The highest BCUT2D eigenvalue weighted by Gasteiger charge is 2.11. The first kappa shape index (κ1) is 13.9. The SMILES string of the molecule is Cc1cc(NN)c(C(=O)NCCCn2ccnn2)cn1. The van der Waals surface area contributed by atoms with Crippen molar-refractivity contribution in [2.75, 3.05) is 12.0 Å². The van der Waals surface area contributed by atoms with E-state index < -0.39 is 0 Å². The van der Waals surface area contributed by atoms with Gasteiger partial charge in [0, 0.05) is 31.2 Å². The fourth-order valence-electron chi connectivity index (χ4n) is 1.75. The number of carbonyl (C=O) groups is 1. The molecule has 0 fully saturated rings. The molecular formula is C12H17N7O. The molecule has 0 aliphatic heterocycles. The van der Waals surface area contributed by atoms with Crippen LogP contribution in [0.25, 0.3) is 0 Å². The zero-order valence-corrected chi connectivity index (χ0v) is 11.2. The third-order valence-electron chi connectivity index (χ3n) is 2.76. The van der Waals surface area contributed by atoms with E-state index >= 15 is 0 Å². The largest absolute Gasteiger partial charge is 0.352 e. The third-order valence-corrected chi connectivity index (χ3v) is 2.76. The van der Waals surface area contributed by atoms with Crippen LogP contribution in [0.3, 0.4) is 0 Å². The summed E-state index contributed by atoms with van der Waals surface area (Å²) in [5.74, 6) is 5.20. The molecule has 2 aromatic heterocycles. The highest BCUT2D eigenvalue weighted by Crippen LogP contribution is 2.13. The fourth-order valence-corrected chi connectivity index (χ4v) is 1.75. The zero-order valence-electron chi connectivity index (χ0n) is 11.2. The molecule has 0 atom stereocenters. The van der Waals surface area contributed by atoms with Gasteiger partial charge in [0.15, 0.2) is 0 Å². The summed E-state index contributed by atoms with van der Waals surface area (Å²) in [6, 6.07) is 1.73. The lowest BCUT2D eigenvalue weighted by atomic mass is 10.2. The predicted octanol–water partition coefficient (Wildman–Crippen LogP) is 0.0872. The number of hydrogen-bond donors (Lipinski definition) is 3. The Labute approximate surface area is 116 Å². The van der Waals surface area contributed by atoms with E-state index in [2.05, 4.69) is 26.0 Å². The highest BCUT2D eigenvalue weighted by molar-refractivity contribution is 5.99. The molecule has 0 saturated carbocycles. The molecule has 20 heavy (non-hydrogen) atoms. The van der Waals surface area contributed by atoms with Crippen LogP contribution in [0, 0.1) is 6.92 Å². The predicted molar refractivity (Wildman–Crippen MR) is 73.8 cm³/mol. The molecule has 8 heteroatoms. The lowest BCUT2D eigenvalue weighted by Crippen LogP contribution is -2.27. The second kappa shape index (κ2) is 6.62. The Hall–Kier alpha value is -2.48. The van der Waals surface area contributed by atoms with E-state index in [1.165, 1.54) is 6.20 Å². The Bertz CT molecular complexity index is 567. The molecule has 0 aliphatic rings. The summed E-state index contributed by atoms with van der Waals surface area (Å²) in [6.07, 6.45) is 5.68. The average molecular weight is 275 g/mol. The van der Waals surface area contributed by atoms with E-state index in [1.54, 1.807) is 23.1 Å². The van der Waals surface area contributed by atoms with Crippen LogP contribution in [-0.2, 0) is 6.54 Å². The summed E-state index contributed by atoms with van der Waals surface area (Å²) < 4.78 is 1.71. The maximum Gasteiger partial charge on any atom is 0.255 e. The van der Waals surface area contributed by atoms with Crippen LogP contribution < -0.4 is 16.6 Å². The minimum atomic E-state index is -0.205. The number of amides is 1. The van der Waals surface area contributed by atoms with Crippen LogP contribution in [-0.4, -0.2) is 32.4 Å². The molecule has 0 spiro atoms. The number of nitrogens with zero attached hydrogens (tertiary/aromatic N) is 4. The summed E-state index contributed by atoms with van der Waals surface area (Å²) in [5, 5.41) is 10.4. The molecule has 8 nitrogen and oxygen atoms in total. The number of aryl methyl sites for hydroxylation is 2. The molecule has 2 aromatic rings. The summed E-state index contributed by atoms with van der Waals surface area (Å²) >= 11 is 0. The summed E-state index contributed by atoms with van der Waals surface area (Å²) in [4.78, 5) is 16.1. The van der Waals surface area contributed by atoms with Gasteiger partial charge in [-0.1, -0.05) is 5.21 Å². The quantitative estimate of drug-likeness (QED) is 0.391. The van der Waals surface area contributed by atoms with Gasteiger partial charge in [-0.2, -0.15) is 0 Å². The van der Waals surface area contributed by atoms with Gasteiger partial charge >= 0.3 is 0 Å². The Morgan fingerprint density at radius 2 is 2.35 bits per heavy atom. The van der Waals surface area contributed by atoms with E-state index in [4.69, 9.17) is 5.84 Å². The highest BCUT2D eigenvalue weighted by atomic mass is 16.1. The number of pyridine rings is 1. The van der Waals surface area contributed by atoms with Crippen molar-refractivity contribution >= 4 is 11.6 Å². The maximum atomic E-state index is 12.0. The molecule has 0 saturated heterocycles. The van der Waals surface area contributed by atoms with E-state index in [-0.39, 0.29) is 5.91 Å². The normalized spacial score (nSPS) is 10.3. The van der Waals surface area contributed by atoms with Crippen molar-refractivity contribution in [3.8, 4) is 0 Å². The minimum absolute atomic E-state index is 0.205. The monoisotopic (exact) mass is 275 g/mol. The van der Waals surface area contributed by atoms with E-state index in [1.807, 2.05) is 6.92 Å². The van der Waals surface area contributed by atoms with Gasteiger partial charge in [-0.15, -0.1) is 5.10 Å². The van der Waals surface area contributed by atoms with Gasteiger partial charge in [0.05, 0.1) is 17.4 Å². The molecule has 2 rings (SSSR count). The van der Waals surface area contributed by atoms with E-state index in [0.29, 0.717) is 24.3 Å². The lowest BCUT2D eigenvalue weighted by molar-refractivity contribution is 0.0953. The number of nitrogens with one attached hydrogen (secondary N) is 2. The van der Waals surface area contributed by atoms with Crippen LogP contribution in [0.4, 0.5) is 5.69 Å². The van der Waals surface area contributed by atoms with Crippen molar-refractivity contribution in [2.24, 2.45) is 5.84 Å². The Morgan fingerprint density at radius 1 is 1.50 bits per heavy atom. The molecule has 2 heterocycles. The van der Waals surface area contributed by atoms with Crippen LogP contribution in [0.2, 0.25) is 0 Å². The van der Waals surface area contributed by atoms with E-state index in [9.17, 15) is 4.79 Å². The van der Waals surface area contributed by atoms with Crippen molar-refractivity contribution in [3.05, 3.63) is 35.9 Å². The number of aromatic nitrogens is 4. The minimum Gasteiger partial charge on any atom is -0.352 e. The van der Waals surface area contributed by atoms with Gasteiger partial charge in [0.25, 0.3) is 5.91 Å². The van der Waals surface area contributed by atoms with Gasteiger partial charge in [-0.05, 0) is 19.4 Å². The first-order chi connectivity index (χ1) is 9.70. The van der Waals surface area contributed by atoms with Crippen molar-refractivity contribution in [2.45, 2.75) is 19.9 Å². The van der Waals surface area contributed by atoms with Gasteiger partial charge in [0.2, 0.25) is 0 Å². The van der Waals surface area contributed by atoms with Gasteiger partial charge < -0.3 is 10.7 Å². The topological polar surface area (TPSA) is 111 Å². The molecule has 0 aliphatic carbocycles. The van der Waals surface area contributed by atoms with Crippen molar-refractivity contribution < 1.29 is 4.79 Å². The van der Waals surface area contributed by atoms with Gasteiger partial charge in [0.1, 0.15) is 0 Å². The molecule has 1 amide bonds. The molecule has 4 N–H and O–H groups in total. The van der Waals surface area contributed by atoms with Crippen molar-refractivity contribution in [1.29, 1.82) is 0 Å². The number of anilines is 1. The van der Waals surface area contributed by atoms with E-state index in [0.717, 1.165) is 12.1 Å². The van der Waals surface area contributed by atoms with Crippen LogP contribution in [0.15, 0.2) is 24.7 Å². The number of hydrogen-bond acceptors (Lipinski definition) is 6. The third kappa shape index (κ3) is 3.51. The molecule has 0 aromatic carbocycles. The Kier molecular flexibility index (Phi) is 4.61. The summed E-state index contributed by atoms with van der Waals surface area (Å²) in [6.45, 7) is 3.08. The number of hydrazine groups is 1. The summed E-state index contributed by atoms with van der Waals surface area (Å²) in [7, 11) is 0. The van der Waals surface area contributed by atoms with Crippen LogP contribution >= 0.6 is 0 Å². The molecule has 106 valence electrons. The summed E-state index contributed by atoms with van der Waals surface area (Å²) in [5.41, 5.74) is 4.29. The van der Waals surface area contributed by atoms with Crippen LogP contribution in [0.1, 0.15) is 22.5 Å². The lowest BCUT2D eigenvalue weighted by Gasteiger charge is -2.10. The molecular weight excluding hydrogens is 258 g/mol.